The summed E-state index contributed by atoms with van der Waals surface area (Å²) in [5.41, 5.74) is 7.31. The number of hydrogen-bond donors (Lipinski definition) is 2. The monoisotopic (exact) mass is 423 g/mol. The lowest BCUT2D eigenvalue weighted by Crippen LogP contribution is -2.30. The number of thiazole rings is 1. The number of aryl methyl sites for hydroxylation is 1. The molecule has 27 heavy (non-hydrogen) atoms. The Morgan fingerprint density at radius 1 is 1.19 bits per heavy atom. The van der Waals surface area contributed by atoms with Crippen LogP contribution in [0.15, 0.2) is 47.4 Å². The van der Waals surface area contributed by atoms with Crippen molar-refractivity contribution in [1.82, 2.24) is 10.4 Å². The molecular weight excluding hydrogens is 406 g/mol. The van der Waals surface area contributed by atoms with Crippen LogP contribution in [0.3, 0.4) is 0 Å². The summed E-state index contributed by atoms with van der Waals surface area (Å²) in [6.07, 6.45) is 0.707. The summed E-state index contributed by atoms with van der Waals surface area (Å²) in [6, 6.07) is 11.8. The average Bonchev–Trinajstić information content (AvgIpc) is 3.08. The van der Waals surface area contributed by atoms with Crippen molar-refractivity contribution in [2.24, 2.45) is 0 Å². The lowest BCUT2D eigenvalue weighted by molar-refractivity contribution is -0.120. The van der Waals surface area contributed by atoms with Crippen LogP contribution >= 0.6 is 22.9 Å². The molecular formula is C18H18ClN3O3S2. The molecule has 0 unspecified atom stereocenters. The number of nitrogens with one attached hydrogen (secondary N) is 2. The summed E-state index contributed by atoms with van der Waals surface area (Å²) in [5.74, 6) is -0.718. The molecule has 2 aromatic carbocycles. The molecule has 0 spiro atoms. The van der Waals surface area contributed by atoms with Crippen LogP contribution < -0.4 is 10.9 Å². The van der Waals surface area contributed by atoms with Gasteiger partial charge in [0.1, 0.15) is 0 Å². The molecule has 9 heteroatoms. The Balaban J connectivity index is 1.57. The highest BCUT2D eigenvalue weighted by molar-refractivity contribution is 7.91. The Morgan fingerprint density at radius 3 is 2.63 bits per heavy atom. The molecule has 0 atom stereocenters. The number of fused-ring (bicyclic) bond motifs is 1. The molecule has 0 fully saturated rings. The number of nitrogens with zero attached hydrogens (tertiary/aromatic N) is 1. The smallest absolute Gasteiger partial charge is 0.239 e. The van der Waals surface area contributed by atoms with Gasteiger partial charge in [0.25, 0.3) is 0 Å². The zero-order valence-electron chi connectivity index (χ0n) is 14.5. The van der Waals surface area contributed by atoms with Crippen LogP contribution in [0.4, 0.5) is 5.13 Å². The molecule has 0 radical (unpaired) electrons. The summed E-state index contributed by atoms with van der Waals surface area (Å²) < 4.78 is 25.5. The number of hydrogen-bond acceptors (Lipinski definition) is 6. The molecule has 2 N–H and O–H groups in total. The fourth-order valence-corrected chi connectivity index (χ4v) is 4.75. The van der Waals surface area contributed by atoms with Crippen molar-refractivity contribution in [3.63, 3.8) is 0 Å². The van der Waals surface area contributed by atoms with Crippen molar-refractivity contribution < 1.29 is 13.2 Å². The van der Waals surface area contributed by atoms with Crippen molar-refractivity contribution in [2.45, 2.75) is 24.7 Å². The van der Waals surface area contributed by atoms with E-state index in [1.54, 1.807) is 0 Å². The second-order valence-electron chi connectivity index (χ2n) is 5.83. The summed E-state index contributed by atoms with van der Waals surface area (Å²) in [6.45, 7) is 2.06. The number of aromatic nitrogens is 1. The van der Waals surface area contributed by atoms with E-state index in [4.69, 9.17) is 11.6 Å². The van der Waals surface area contributed by atoms with Crippen molar-refractivity contribution >= 4 is 54.0 Å². The van der Waals surface area contributed by atoms with Gasteiger partial charge >= 0.3 is 0 Å². The minimum Gasteiger partial charge on any atom is -0.273 e. The van der Waals surface area contributed by atoms with Gasteiger partial charge in [-0.15, -0.1) is 0 Å². The lowest BCUT2D eigenvalue weighted by atomic mass is 10.1. The maximum atomic E-state index is 12.3. The summed E-state index contributed by atoms with van der Waals surface area (Å²) in [4.78, 5) is 16.6. The zero-order valence-corrected chi connectivity index (χ0v) is 16.9. The summed E-state index contributed by atoms with van der Waals surface area (Å²) >= 11 is 7.19. The van der Waals surface area contributed by atoms with E-state index in [2.05, 4.69) is 22.8 Å². The van der Waals surface area contributed by atoms with E-state index >= 15 is 0 Å². The van der Waals surface area contributed by atoms with Crippen LogP contribution in [-0.4, -0.2) is 25.1 Å². The van der Waals surface area contributed by atoms with Crippen LogP contribution in [-0.2, 0) is 21.1 Å². The molecule has 0 aliphatic heterocycles. The molecule has 0 aliphatic rings. The van der Waals surface area contributed by atoms with Gasteiger partial charge in [-0.05, 0) is 42.3 Å². The average molecular weight is 424 g/mol. The van der Waals surface area contributed by atoms with E-state index in [1.165, 1.54) is 35.6 Å². The lowest BCUT2D eigenvalue weighted by Gasteiger charge is -2.06. The normalized spacial score (nSPS) is 11.5. The predicted octanol–water partition coefficient (Wildman–Crippen LogP) is 3.82. The first kappa shape index (κ1) is 19.6. The third kappa shape index (κ3) is 4.77. The topological polar surface area (TPSA) is 88.2 Å². The Kier molecular flexibility index (Phi) is 5.98. The van der Waals surface area contributed by atoms with Crippen LogP contribution in [0.25, 0.3) is 10.2 Å². The first-order chi connectivity index (χ1) is 12.9. The van der Waals surface area contributed by atoms with Gasteiger partial charge in [0.2, 0.25) is 11.0 Å². The number of anilines is 1. The molecule has 1 aromatic heterocycles. The zero-order chi connectivity index (χ0) is 19.4. The third-order valence-corrected chi connectivity index (χ3v) is 6.88. The first-order valence-electron chi connectivity index (χ1n) is 8.30. The van der Waals surface area contributed by atoms with Gasteiger partial charge in [-0.25, -0.2) is 13.4 Å². The highest BCUT2D eigenvalue weighted by atomic mass is 35.5. The number of benzene rings is 2. The Morgan fingerprint density at radius 2 is 1.93 bits per heavy atom. The molecule has 0 saturated carbocycles. The molecule has 0 saturated heterocycles. The summed E-state index contributed by atoms with van der Waals surface area (Å²) in [7, 11) is -3.54. The van der Waals surface area contributed by atoms with E-state index in [-0.39, 0.29) is 17.1 Å². The van der Waals surface area contributed by atoms with E-state index in [9.17, 15) is 13.2 Å². The Bertz CT molecular complexity index is 1060. The predicted molar refractivity (Wildman–Crippen MR) is 109 cm³/mol. The van der Waals surface area contributed by atoms with Gasteiger partial charge in [-0.2, -0.15) is 0 Å². The molecule has 0 bridgehead atoms. The second kappa shape index (κ2) is 8.24. The van der Waals surface area contributed by atoms with E-state index in [0.29, 0.717) is 10.2 Å². The van der Waals surface area contributed by atoms with Crippen molar-refractivity contribution in [3.8, 4) is 0 Å². The summed E-state index contributed by atoms with van der Waals surface area (Å²) in [5, 5.41) is 1.01. The van der Waals surface area contributed by atoms with Crippen molar-refractivity contribution in [1.29, 1.82) is 0 Å². The first-order valence-corrected chi connectivity index (χ1v) is 11.2. The van der Waals surface area contributed by atoms with Crippen LogP contribution in [0, 0.1) is 0 Å². The van der Waals surface area contributed by atoms with Crippen LogP contribution in [0.2, 0.25) is 5.02 Å². The van der Waals surface area contributed by atoms with Crippen LogP contribution in [0.5, 0.6) is 0 Å². The number of hydrazine groups is 1. The standard InChI is InChI=1S/C18H18ClN3O3S2/c1-2-12-4-3-5-15-17(12)20-18(26-15)22-21-16(23)10-11-27(24,25)14-8-6-13(19)7-9-14/h3-9H,2,10-11H2,1H3,(H,20,22)(H,21,23). The second-order valence-corrected chi connectivity index (χ2v) is 9.41. The molecule has 3 rings (SSSR count). The minimum atomic E-state index is -3.54. The number of sulfone groups is 1. The van der Waals surface area contributed by atoms with E-state index in [1.807, 2.05) is 18.2 Å². The fraction of sp³-hybridized carbons (Fsp3) is 0.222. The fourth-order valence-electron chi connectivity index (χ4n) is 2.52. The largest absolute Gasteiger partial charge is 0.273 e. The Hall–Kier alpha value is -2.16. The number of para-hydroxylation sites is 1. The van der Waals surface area contributed by atoms with Gasteiger partial charge in [-0.3, -0.25) is 15.6 Å². The number of amides is 1. The number of rotatable bonds is 7. The SMILES string of the molecule is CCc1cccc2sc(NNC(=O)CCS(=O)(=O)c3ccc(Cl)cc3)nc12. The van der Waals surface area contributed by atoms with Gasteiger partial charge in [0, 0.05) is 11.4 Å². The van der Waals surface area contributed by atoms with Crippen molar-refractivity contribution in [3.05, 3.63) is 53.1 Å². The minimum absolute atomic E-state index is 0.144. The van der Waals surface area contributed by atoms with Gasteiger partial charge in [-0.1, -0.05) is 42.0 Å². The van der Waals surface area contributed by atoms with Crippen molar-refractivity contribution in [2.75, 3.05) is 11.2 Å². The third-order valence-electron chi connectivity index (χ3n) is 3.96. The maximum Gasteiger partial charge on any atom is 0.239 e. The van der Waals surface area contributed by atoms with E-state index in [0.717, 1.165) is 22.2 Å². The van der Waals surface area contributed by atoms with Gasteiger partial charge < -0.3 is 0 Å². The van der Waals surface area contributed by atoms with E-state index < -0.39 is 15.7 Å². The number of halogens is 1. The quantitative estimate of drug-likeness (QED) is 0.564. The van der Waals surface area contributed by atoms with Gasteiger partial charge in [0.05, 0.1) is 20.9 Å². The molecule has 3 aromatic rings. The Labute approximate surface area is 166 Å². The highest BCUT2D eigenvalue weighted by Gasteiger charge is 2.16. The maximum absolute atomic E-state index is 12.3. The molecule has 142 valence electrons. The van der Waals surface area contributed by atoms with Crippen LogP contribution in [0.1, 0.15) is 18.9 Å². The number of carbonyl (C=O) groups excluding carboxylic acids is 1. The highest BCUT2D eigenvalue weighted by Crippen LogP contribution is 2.28. The van der Waals surface area contributed by atoms with Gasteiger partial charge in [0.15, 0.2) is 9.84 Å². The molecule has 1 heterocycles. The molecule has 0 aliphatic carbocycles. The molecule has 1 amide bonds. The number of carbonyl (C=O) groups is 1. The molecule has 6 nitrogen and oxygen atoms in total.